The summed E-state index contributed by atoms with van der Waals surface area (Å²) >= 11 is 0. The van der Waals surface area contributed by atoms with Crippen molar-refractivity contribution >= 4 is 44.7 Å². The molecule has 5 rings (SSSR count). The quantitative estimate of drug-likeness (QED) is 0.430. The van der Waals surface area contributed by atoms with Crippen molar-refractivity contribution in [1.82, 2.24) is 4.98 Å². The van der Waals surface area contributed by atoms with E-state index >= 15 is 0 Å². The molecular formula is C26H21F3N4O5S. The van der Waals surface area contributed by atoms with E-state index in [1.165, 1.54) is 28.3 Å². The third-order valence-corrected chi connectivity index (χ3v) is 8.56. The van der Waals surface area contributed by atoms with Gasteiger partial charge in [0.2, 0.25) is 0 Å². The number of carbonyl (C=O) groups excluding carboxylic acids is 3. The van der Waals surface area contributed by atoms with E-state index in [0.717, 1.165) is 17.0 Å². The lowest BCUT2D eigenvalue weighted by atomic mass is 10.1. The number of carbonyl (C=O) groups is 3. The first-order chi connectivity index (χ1) is 18.3. The number of hydrogen-bond acceptors (Lipinski definition) is 6. The van der Waals surface area contributed by atoms with Crippen molar-refractivity contribution in [2.75, 3.05) is 21.7 Å². The van der Waals surface area contributed by atoms with Crippen LogP contribution in [0.25, 0.3) is 0 Å². The molecule has 1 spiro atoms. The lowest BCUT2D eigenvalue weighted by Gasteiger charge is -2.26. The Bertz CT molecular complexity index is 1600. The standard InChI is InChI=1S/C26H21F3N4O5S/c1-16-14-25(16)23(35)32(18-8-10-19(11-9-18)39(37,38)26(27,28)29)24(36)33(25)21-12-13-30-15-20(21)22(34)31(2)17-6-4-3-5-7-17/h3-13,15-16H,14H2,1-2H3. The molecule has 3 aromatic rings. The van der Waals surface area contributed by atoms with Crippen LogP contribution in [0.1, 0.15) is 23.7 Å². The molecule has 0 radical (unpaired) electrons. The molecule has 2 unspecified atom stereocenters. The highest BCUT2D eigenvalue weighted by atomic mass is 32.2. The van der Waals surface area contributed by atoms with Crippen molar-refractivity contribution in [2.45, 2.75) is 29.3 Å². The number of para-hydroxylation sites is 1. The average Bonchev–Trinajstić information content (AvgIpc) is 3.53. The number of halogens is 3. The van der Waals surface area contributed by atoms with Gasteiger partial charge in [-0.3, -0.25) is 19.5 Å². The fraction of sp³-hybridized carbons (Fsp3) is 0.231. The third kappa shape index (κ3) is 3.95. The summed E-state index contributed by atoms with van der Waals surface area (Å²) in [5.41, 5.74) is -6.11. The molecule has 0 N–H and O–H groups in total. The molecule has 1 saturated carbocycles. The Morgan fingerprint density at radius 3 is 2.23 bits per heavy atom. The number of alkyl halides is 3. The van der Waals surface area contributed by atoms with E-state index in [1.54, 1.807) is 44.3 Å². The Labute approximate surface area is 221 Å². The van der Waals surface area contributed by atoms with Gasteiger partial charge in [0.1, 0.15) is 5.54 Å². The lowest BCUT2D eigenvalue weighted by molar-refractivity contribution is -0.119. The predicted octanol–water partition coefficient (Wildman–Crippen LogP) is 4.40. The van der Waals surface area contributed by atoms with Gasteiger partial charge in [-0.1, -0.05) is 25.1 Å². The van der Waals surface area contributed by atoms with Crippen LogP contribution < -0.4 is 14.7 Å². The number of imide groups is 1. The van der Waals surface area contributed by atoms with E-state index in [4.69, 9.17) is 0 Å². The van der Waals surface area contributed by atoms with Gasteiger partial charge in [0.15, 0.2) is 0 Å². The van der Waals surface area contributed by atoms with E-state index in [2.05, 4.69) is 4.98 Å². The van der Waals surface area contributed by atoms with Crippen molar-refractivity contribution in [2.24, 2.45) is 5.92 Å². The molecule has 1 aliphatic heterocycles. The summed E-state index contributed by atoms with van der Waals surface area (Å²) in [7, 11) is -4.05. The van der Waals surface area contributed by atoms with Crippen molar-refractivity contribution in [3.8, 4) is 0 Å². The van der Waals surface area contributed by atoms with Crippen LogP contribution in [0, 0.1) is 5.92 Å². The number of benzene rings is 2. The Morgan fingerprint density at radius 2 is 1.67 bits per heavy atom. The summed E-state index contributed by atoms with van der Waals surface area (Å²) < 4.78 is 62.4. The first-order valence-electron chi connectivity index (χ1n) is 11.7. The predicted molar refractivity (Wildman–Crippen MR) is 135 cm³/mol. The minimum atomic E-state index is -5.61. The lowest BCUT2D eigenvalue weighted by Crippen LogP contribution is -2.40. The van der Waals surface area contributed by atoms with Gasteiger partial charge < -0.3 is 4.90 Å². The summed E-state index contributed by atoms with van der Waals surface area (Å²) in [5, 5.41) is 0. The van der Waals surface area contributed by atoms with Gasteiger partial charge in [-0.15, -0.1) is 0 Å². The van der Waals surface area contributed by atoms with Crippen molar-refractivity contribution in [1.29, 1.82) is 0 Å². The Hall–Kier alpha value is -4.26. The van der Waals surface area contributed by atoms with Crippen LogP contribution in [-0.4, -0.2) is 49.3 Å². The van der Waals surface area contributed by atoms with Crippen LogP contribution in [0.5, 0.6) is 0 Å². The molecule has 2 aromatic carbocycles. The van der Waals surface area contributed by atoms with Crippen LogP contribution >= 0.6 is 0 Å². The topological polar surface area (TPSA) is 108 Å². The van der Waals surface area contributed by atoms with E-state index in [1.807, 2.05) is 0 Å². The van der Waals surface area contributed by atoms with E-state index in [0.29, 0.717) is 24.2 Å². The van der Waals surface area contributed by atoms with Gasteiger partial charge >= 0.3 is 11.5 Å². The zero-order valence-corrected chi connectivity index (χ0v) is 21.4. The van der Waals surface area contributed by atoms with Crippen molar-refractivity contribution in [3.63, 3.8) is 0 Å². The number of rotatable bonds is 5. The molecule has 1 aliphatic carbocycles. The van der Waals surface area contributed by atoms with Gasteiger partial charge in [-0.05, 0) is 54.8 Å². The molecule has 13 heteroatoms. The summed E-state index contributed by atoms with van der Waals surface area (Å²) in [6.45, 7) is 1.76. The number of urea groups is 1. The maximum Gasteiger partial charge on any atom is 0.501 e. The number of sulfone groups is 1. The minimum absolute atomic E-state index is 0.0666. The normalized spacial score (nSPS) is 21.0. The van der Waals surface area contributed by atoms with E-state index in [-0.39, 0.29) is 22.9 Å². The summed E-state index contributed by atoms with van der Waals surface area (Å²) in [6, 6.07) is 12.7. The summed E-state index contributed by atoms with van der Waals surface area (Å²) in [6.07, 6.45) is 2.97. The van der Waals surface area contributed by atoms with Crippen LogP contribution in [-0.2, 0) is 14.6 Å². The molecule has 1 saturated heterocycles. The second kappa shape index (κ2) is 8.90. The minimum Gasteiger partial charge on any atom is -0.311 e. The molecule has 39 heavy (non-hydrogen) atoms. The van der Waals surface area contributed by atoms with Crippen LogP contribution in [0.2, 0.25) is 0 Å². The number of aromatic nitrogens is 1. The van der Waals surface area contributed by atoms with Gasteiger partial charge in [-0.2, -0.15) is 13.2 Å². The summed E-state index contributed by atoms with van der Waals surface area (Å²) in [5.74, 6) is -1.39. The highest BCUT2D eigenvalue weighted by Gasteiger charge is 2.71. The zero-order chi connectivity index (χ0) is 28.3. The molecule has 202 valence electrons. The Morgan fingerprint density at radius 1 is 1.05 bits per heavy atom. The molecular weight excluding hydrogens is 537 g/mol. The molecule has 1 aromatic heterocycles. The number of nitrogens with zero attached hydrogens (tertiary/aromatic N) is 4. The third-order valence-electron chi connectivity index (χ3n) is 7.05. The van der Waals surface area contributed by atoms with E-state index < -0.39 is 43.6 Å². The maximum absolute atomic E-state index is 13.8. The molecule has 4 amide bonds. The SMILES string of the molecule is CC1CC12C(=O)N(c1ccc(S(=O)(=O)C(F)(F)F)cc1)C(=O)N2c1ccncc1C(=O)N(C)c1ccccc1. The number of anilines is 3. The monoisotopic (exact) mass is 558 g/mol. The Balaban J connectivity index is 1.54. The fourth-order valence-electron chi connectivity index (χ4n) is 4.81. The molecule has 2 atom stereocenters. The number of amides is 4. The molecule has 2 aliphatic rings. The van der Waals surface area contributed by atoms with Gasteiger partial charge in [0, 0.05) is 25.1 Å². The highest BCUT2D eigenvalue weighted by Crippen LogP contribution is 2.56. The Kier molecular flexibility index (Phi) is 6.01. The van der Waals surface area contributed by atoms with Gasteiger partial charge in [-0.25, -0.2) is 18.1 Å². The fourth-order valence-corrected chi connectivity index (χ4v) is 5.58. The van der Waals surface area contributed by atoms with E-state index in [9.17, 15) is 36.0 Å². The summed E-state index contributed by atoms with van der Waals surface area (Å²) in [4.78, 5) is 47.3. The molecule has 9 nitrogen and oxygen atoms in total. The zero-order valence-electron chi connectivity index (χ0n) is 20.6. The highest BCUT2D eigenvalue weighted by molar-refractivity contribution is 7.92. The first kappa shape index (κ1) is 26.4. The first-order valence-corrected chi connectivity index (χ1v) is 13.2. The van der Waals surface area contributed by atoms with Crippen LogP contribution in [0.4, 0.5) is 35.0 Å². The van der Waals surface area contributed by atoms with Gasteiger partial charge in [0.05, 0.1) is 21.8 Å². The van der Waals surface area contributed by atoms with Crippen LogP contribution in [0.3, 0.4) is 0 Å². The average molecular weight is 559 g/mol. The smallest absolute Gasteiger partial charge is 0.311 e. The van der Waals surface area contributed by atoms with Crippen molar-refractivity contribution in [3.05, 3.63) is 78.6 Å². The second-order valence-corrected chi connectivity index (χ2v) is 11.3. The van der Waals surface area contributed by atoms with Crippen LogP contribution in [0.15, 0.2) is 78.0 Å². The molecule has 0 bridgehead atoms. The maximum atomic E-state index is 13.8. The second-order valence-electron chi connectivity index (χ2n) is 9.32. The van der Waals surface area contributed by atoms with Crippen molar-refractivity contribution < 1.29 is 36.0 Å². The molecule has 2 fully saturated rings. The number of pyridine rings is 1. The van der Waals surface area contributed by atoms with Gasteiger partial charge in [0.25, 0.3) is 21.7 Å². The largest absolute Gasteiger partial charge is 0.501 e. The number of hydrogen-bond donors (Lipinski definition) is 0. The molecule has 2 heterocycles.